The van der Waals surface area contributed by atoms with Crippen molar-refractivity contribution < 1.29 is 9.47 Å². The van der Waals surface area contributed by atoms with Crippen LogP contribution in [0.15, 0.2) is 22.7 Å². The summed E-state index contributed by atoms with van der Waals surface area (Å²) in [6.07, 6.45) is 0. The van der Waals surface area contributed by atoms with Crippen LogP contribution >= 0.6 is 62.3 Å². The van der Waals surface area contributed by atoms with E-state index in [-0.39, 0.29) is 0 Å². The van der Waals surface area contributed by atoms with Gasteiger partial charge in [-0.15, -0.1) is 0 Å². The van der Waals surface area contributed by atoms with E-state index in [0.29, 0.717) is 47.6 Å². The largest absolute Gasteiger partial charge is 0.448 e. The summed E-state index contributed by atoms with van der Waals surface area (Å²) >= 11 is 27.4. The molecular weight excluding hydrogens is 398 g/mol. The average Bonchev–Trinajstić information content (AvgIpc) is 2.35. The summed E-state index contributed by atoms with van der Waals surface area (Å²) in [5.41, 5.74) is 0. The molecule has 0 amide bonds. The zero-order valence-electron chi connectivity index (χ0n) is 8.94. The van der Waals surface area contributed by atoms with Gasteiger partial charge < -0.3 is 9.47 Å². The van der Waals surface area contributed by atoms with Gasteiger partial charge in [-0.05, 0) is 22.0 Å². The van der Waals surface area contributed by atoms with Crippen molar-refractivity contribution in [2.45, 2.75) is 0 Å². The van der Waals surface area contributed by atoms with Gasteiger partial charge >= 0.3 is 0 Å². The van der Waals surface area contributed by atoms with Crippen molar-refractivity contribution in [3.63, 3.8) is 0 Å². The average molecular weight is 401 g/mol. The molecule has 2 aromatic carbocycles. The number of ether oxygens (including phenoxy) is 2. The Hall–Kier alpha value is -0.320. The van der Waals surface area contributed by atoms with E-state index >= 15 is 0 Å². The van der Waals surface area contributed by atoms with Crippen LogP contribution in [0, 0.1) is 0 Å². The number of fused-ring (bicyclic) bond motifs is 2. The Morgan fingerprint density at radius 1 is 0.789 bits per heavy atom. The number of benzene rings is 2. The zero-order valence-corrected chi connectivity index (χ0v) is 13.5. The van der Waals surface area contributed by atoms with E-state index in [4.69, 9.17) is 55.9 Å². The summed E-state index contributed by atoms with van der Waals surface area (Å²) in [6, 6.07) is 4.77. The Kier molecular flexibility index (Phi) is 3.52. The molecule has 19 heavy (non-hydrogen) atoms. The molecule has 0 atom stereocenters. The van der Waals surface area contributed by atoms with E-state index in [0.717, 1.165) is 0 Å². The van der Waals surface area contributed by atoms with Crippen LogP contribution in [-0.2, 0) is 0 Å². The Morgan fingerprint density at radius 3 is 2.16 bits per heavy atom. The fourth-order valence-electron chi connectivity index (χ4n) is 1.66. The lowest BCUT2D eigenvalue weighted by Gasteiger charge is -2.23. The molecule has 98 valence electrons. The highest BCUT2D eigenvalue weighted by Crippen LogP contribution is 2.54. The predicted molar refractivity (Wildman–Crippen MR) is 80.8 cm³/mol. The SMILES string of the molecule is Clc1cc(Cl)c2c(c1)Oc1c(cc(Cl)c(Br)c1Cl)O2. The highest BCUT2D eigenvalue weighted by atomic mass is 79.9. The van der Waals surface area contributed by atoms with Gasteiger partial charge in [0, 0.05) is 17.2 Å². The maximum Gasteiger partial charge on any atom is 0.189 e. The molecule has 2 aromatic rings. The molecule has 1 aliphatic rings. The molecule has 0 unspecified atom stereocenters. The smallest absolute Gasteiger partial charge is 0.189 e. The van der Waals surface area contributed by atoms with Gasteiger partial charge in [0.2, 0.25) is 0 Å². The Bertz CT molecular complexity index is 703. The Labute approximate surface area is 137 Å². The van der Waals surface area contributed by atoms with Gasteiger partial charge in [-0.1, -0.05) is 46.4 Å². The molecule has 0 fully saturated rings. The highest BCUT2D eigenvalue weighted by Gasteiger charge is 2.26. The molecule has 1 aliphatic heterocycles. The van der Waals surface area contributed by atoms with Gasteiger partial charge in [-0.2, -0.15) is 0 Å². The van der Waals surface area contributed by atoms with Crippen molar-refractivity contribution >= 4 is 62.3 Å². The van der Waals surface area contributed by atoms with Gasteiger partial charge in [0.15, 0.2) is 23.0 Å². The number of halogens is 5. The molecule has 7 heteroatoms. The predicted octanol–water partition coefficient (Wildman–Crippen LogP) is 6.96. The topological polar surface area (TPSA) is 18.5 Å². The summed E-state index contributed by atoms with van der Waals surface area (Å²) in [4.78, 5) is 0. The van der Waals surface area contributed by atoms with Gasteiger partial charge in [0.25, 0.3) is 0 Å². The molecule has 0 N–H and O–H groups in total. The number of hydrogen-bond donors (Lipinski definition) is 0. The van der Waals surface area contributed by atoms with Crippen molar-refractivity contribution in [3.8, 4) is 23.0 Å². The molecule has 0 aliphatic carbocycles. The molecule has 3 rings (SSSR count). The first-order valence-corrected chi connectivity index (χ1v) is 7.30. The van der Waals surface area contributed by atoms with E-state index < -0.39 is 0 Å². The van der Waals surface area contributed by atoms with Crippen LogP contribution in [0.2, 0.25) is 20.1 Å². The first kappa shape index (κ1) is 13.7. The lowest BCUT2D eigenvalue weighted by atomic mass is 10.2. The van der Waals surface area contributed by atoms with E-state index in [2.05, 4.69) is 15.9 Å². The minimum absolute atomic E-state index is 0.323. The van der Waals surface area contributed by atoms with Gasteiger partial charge in [0.1, 0.15) is 5.02 Å². The molecule has 0 spiro atoms. The lowest BCUT2D eigenvalue weighted by Crippen LogP contribution is -2.00. The first-order valence-electron chi connectivity index (χ1n) is 4.99. The first-order chi connectivity index (χ1) is 8.97. The van der Waals surface area contributed by atoms with Crippen molar-refractivity contribution in [1.82, 2.24) is 0 Å². The molecule has 0 saturated carbocycles. The molecule has 1 heterocycles. The molecule has 0 bridgehead atoms. The van der Waals surface area contributed by atoms with Crippen LogP contribution in [0.1, 0.15) is 0 Å². The van der Waals surface area contributed by atoms with Crippen LogP contribution in [0.5, 0.6) is 23.0 Å². The van der Waals surface area contributed by atoms with E-state index in [1.807, 2.05) is 0 Å². The third kappa shape index (κ3) is 2.28. The third-order valence-corrected chi connectivity index (χ3v) is 4.92. The molecular formula is C12H3BrCl4O2. The van der Waals surface area contributed by atoms with Crippen LogP contribution in [0.25, 0.3) is 0 Å². The van der Waals surface area contributed by atoms with E-state index in [9.17, 15) is 0 Å². The van der Waals surface area contributed by atoms with Crippen LogP contribution in [0.4, 0.5) is 0 Å². The summed E-state index contributed by atoms with van der Waals surface area (Å²) < 4.78 is 11.9. The van der Waals surface area contributed by atoms with E-state index in [1.54, 1.807) is 18.2 Å². The second-order valence-electron chi connectivity index (χ2n) is 3.73. The minimum Gasteiger partial charge on any atom is -0.448 e. The lowest BCUT2D eigenvalue weighted by molar-refractivity contribution is 0.360. The normalized spacial score (nSPS) is 12.3. The van der Waals surface area contributed by atoms with Crippen LogP contribution < -0.4 is 9.47 Å². The summed E-state index contributed by atoms with van der Waals surface area (Å²) in [6.45, 7) is 0. The molecule has 0 aromatic heterocycles. The second-order valence-corrected chi connectivity index (χ2v) is 6.15. The maximum absolute atomic E-state index is 6.16. The second kappa shape index (κ2) is 4.90. The standard InChI is InChI=1S/C12H3BrCl4O2/c13-9-5(15)3-8-12(10(9)17)19-7-2-4(14)1-6(16)11(7)18-8/h1-3H. The Morgan fingerprint density at radius 2 is 1.42 bits per heavy atom. The van der Waals surface area contributed by atoms with Crippen molar-refractivity contribution in [2.24, 2.45) is 0 Å². The van der Waals surface area contributed by atoms with Gasteiger partial charge in [0.05, 0.1) is 14.5 Å². The molecule has 2 nitrogen and oxygen atoms in total. The van der Waals surface area contributed by atoms with Crippen LogP contribution in [-0.4, -0.2) is 0 Å². The van der Waals surface area contributed by atoms with Crippen molar-refractivity contribution in [2.75, 3.05) is 0 Å². The third-order valence-electron chi connectivity index (χ3n) is 2.48. The monoisotopic (exact) mass is 398 g/mol. The zero-order chi connectivity index (χ0) is 13.7. The van der Waals surface area contributed by atoms with Gasteiger partial charge in [-0.3, -0.25) is 0 Å². The van der Waals surface area contributed by atoms with Crippen molar-refractivity contribution in [3.05, 3.63) is 42.8 Å². The summed E-state index contributed by atoms with van der Waals surface area (Å²) in [5, 5.41) is 1.54. The highest BCUT2D eigenvalue weighted by molar-refractivity contribution is 9.10. The summed E-state index contributed by atoms with van der Waals surface area (Å²) in [5.74, 6) is 1.55. The number of hydrogen-bond acceptors (Lipinski definition) is 2. The van der Waals surface area contributed by atoms with E-state index in [1.165, 1.54) is 0 Å². The van der Waals surface area contributed by atoms with Crippen LogP contribution in [0.3, 0.4) is 0 Å². The quantitative estimate of drug-likeness (QED) is 0.380. The molecule has 0 radical (unpaired) electrons. The summed E-state index contributed by atoms with van der Waals surface area (Å²) in [7, 11) is 0. The van der Waals surface area contributed by atoms with Crippen molar-refractivity contribution in [1.29, 1.82) is 0 Å². The fraction of sp³-hybridized carbons (Fsp3) is 0. The maximum atomic E-state index is 6.16. The van der Waals surface area contributed by atoms with Gasteiger partial charge in [-0.25, -0.2) is 0 Å². The Balaban J connectivity index is 2.20. The fourth-order valence-corrected chi connectivity index (χ4v) is 2.94. The molecule has 0 saturated heterocycles. The number of rotatable bonds is 0. The minimum atomic E-state index is 0.323.